The van der Waals surface area contributed by atoms with Gasteiger partial charge >= 0.3 is 12.1 Å². The van der Waals surface area contributed by atoms with Crippen molar-refractivity contribution >= 4 is 23.0 Å². The molecule has 182 valence electrons. The summed E-state index contributed by atoms with van der Waals surface area (Å²) < 4.78 is 39.2. The number of nitrogens with zero attached hydrogens (tertiary/aromatic N) is 4. The van der Waals surface area contributed by atoms with Crippen molar-refractivity contribution in [3.05, 3.63) is 47.8 Å². The van der Waals surface area contributed by atoms with E-state index in [1.165, 1.54) is 19.4 Å². The number of alkyl halides is 3. The zero-order valence-electron chi connectivity index (χ0n) is 18.7. The van der Waals surface area contributed by atoms with E-state index in [1.54, 1.807) is 22.7 Å². The van der Waals surface area contributed by atoms with Crippen molar-refractivity contribution in [3.8, 4) is 17.5 Å². The van der Waals surface area contributed by atoms with Crippen molar-refractivity contribution < 1.29 is 22.8 Å². The second-order valence-electron chi connectivity index (χ2n) is 8.27. The van der Waals surface area contributed by atoms with Gasteiger partial charge in [-0.2, -0.15) is 23.5 Å². The molecule has 1 aliphatic rings. The third kappa shape index (κ3) is 5.18. The van der Waals surface area contributed by atoms with Crippen LogP contribution >= 0.6 is 0 Å². The number of hydrogen-bond acceptors (Lipinski definition) is 6. The molecule has 0 spiro atoms. The minimum Gasteiger partial charge on any atom is -0.382 e. The molecule has 3 heterocycles. The topological polar surface area (TPSA) is 124 Å². The second-order valence-corrected chi connectivity index (χ2v) is 8.27. The van der Waals surface area contributed by atoms with Crippen molar-refractivity contribution in [3.63, 3.8) is 0 Å². The number of carbonyl (C=O) groups excluding carboxylic acids is 2. The molecule has 0 bridgehead atoms. The van der Waals surface area contributed by atoms with E-state index in [0.717, 1.165) is 0 Å². The number of halogens is 3. The number of carbonyl (C=O) groups is 2. The Labute approximate surface area is 198 Å². The van der Waals surface area contributed by atoms with Gasteiger partial charge < -0.3 is 16.0 Å². The van der Waals surface area contributed by atoms with E-state index < -0.39 is 18.1 Å². The molecule has 12 heteroatoms. The van der Waals surface area contributed by atoms with Gasteiger partial charge in [0.05, 0.1) is 39.9 Å². The monoisotopic (exact) mass is 485 g/mol. The Morgan fingerprint density at radius 1 is 1.11 bits per heavy atom. The summed E-state index contributed by atoms with van der Waals surface area (Å²) in [6, 6.07) is 8.43. The summed E-state index contributed by atoms with van der Waals surface area (Å²) in [5, 5.41) is 21.3. The van der Waals surface area contributed by atoms with Crippen LogP contribution in [-0.2, 0) is 4.79 Å². The van der Waals surface area contributed by atoms with Crippen LogP contribution in [0.2, 0.25) is 0 Å². The van der Waals surface area contributed by atoms with Crippen LogP contribution in [-0.4, -0.2) is 51.7 Å². The molecular formula is C23H22F3N7O2. The van der Waals surface area contributed by atoms with E-state index in [0.29, 0.717) is 59.4 Å². The highest BCUT2D eigenvalue weighted by Crippen LogP contribution is 2.29. The minimum atomic E-state index is -4.90. The molecule has 0 saturated heterocycles. The molecule has 4 rings (SSSR count). The van der Waals surface area contributed by atoms with Crippen molar-refractivity contribution in [1.29, 1.82) is 5.26 Å². The van der Waals surface area contributed by atoms with Crippen molar-refractivity contribution in [2.45, 2.75) is 43.9 Å². The van der Waals surface area contributed by atoms with E-state index in [2.05, 4.69) is 20.7 Å². The van der Waals surface area contributed by atoms with Gasteiger partial charge in [0.15, 0.2) is 0 Å². The van der Waals surface area contributed by atoms with E-state index >= 15 is 0 Å². The number of pyridine rings is 1. The van der Waals surface area contributed by atoms with E-state index in [4.69, 9.17) is 5.26 Å². The molecule has 1 saturated carbocycles. The first-order valence-electron chi connectivity index (χ1n) is 10.9. The zero-order chi connectivity index (χ0) is 25.2. The van der Waals surface area contributed by atoms with Gasteiger partial charge in [-0.3, -0.25) is 14.6 Å². The number of aromatic nitrogens is 3. The molecule has 1 aliphatic carbocycles. The molecule has 0 atom stereocenters. The predicted molar refractivity (Wildman–Crippen MR) is 120 cm³/mol. The van der Waals surface area contributed by atoms with Crippen LogP contribution in [0.1, 0.15) is 41.6 Å². The van der Waals surface area contributed by atoms with Crippen LogP contribution in [0.3, 0.4) is 0 Å². The van der Waals surface area contributed by atoms with Gasteiger partial charge in [0.1, 0.15) is 6.07 Å². The number of nitriles is 1. The highest BCUT2D eigenvalue weighted by Gasteiger charge is 2.40. The Morgan fingerprint density at radius 2 is 1.83 bits per heavy atom. The predicted octanol–water partition coefficient (Wildman–Crippen LogP) is 3.03. The molecule has 3 aromatic rings. The Morgan fingerprint density at radius 3 is 2.49 bits per heavy atom. The van der Waals surface area contributed by atoms with E-state index in [9.17, 15) is 22.8 Å². The van der Waals surface area contributed by atoms with Gasteiger partial charge in [-0.1, -0.05) is 0 Å². The van der Waals surface area contributed by atoms with Gasteiger partial charge in [-0.15, -0.1) is 0 Å². The Hall–Kier alpha value is -4.14. The largest absolute Gasteiger partial charge is 0.471 e. The molecule has 3 aromatic heterocycles. The summed E-state index contributed by atoms with van der Waals surface area (Å²) in [5.74, 6) is -2.26. The van der Waals surface area contributed by atoms with Crippen LogP contribution in [0.5, 0.6) is 0 Å². The Kier molecular flexibility index (Phi) is 6.59. The third-order valence-corrected chi connectivity index (χ3v) is 5.95. The maximum atomic E-state index is 12.5. The summed E-state index contributed by atoms with van der Waals surface area (Å²) in [6.45, 7) is 0. The quantitative estimate of drug-likeness (QED) is 0.510. The SMILES string of the molecule is CNC(=O)c1cnc(-c2ccc3cc(C#N)cnn23)cc1N[C@H]1CC[C@H](NC(=O)C(F)(F)F)CC1. The fourth-order valence-electron chi connectivity index (χ4n) is 4.15. The standard InChI is InChI=1S/C23H22F3N7O2/c1-28-21(34)17-12-29-19(20-7-6-16-8-13(10-27)11-30-33(16)20)9-18(17)31-14-2-4-15(5-3-14)32-22(35)23(24,25)26/h6-9,11-12,14-15H,2-5H2,1H3,(H,28,34)(H,29,31)(H,32,35)/t14-,15-. The minimum absolute atomic E-state index is 0.104. The molecular weight excluding hydrogens is 463 g/mol. The molecule has 0 radical (unpaired) electrons. The lowest BCUT2D eigenvalue weighted by molar-refractivity contribution is -0.174. The van der Waals surface area contributed by atoms with Gasteiger partial charge in [0, 0.05) is 25.3 Å². The first-order chi connectivity index (χ1) is 16.7. The maximum Gasteiger partial charge on any atom is 0.471 e. The molecule has 35 heavy (non-hydrogen) atoms. The summed E-state index contributed by atoms with van der Waals surface area (Å²) >= 11 is 0. The van der Waals surface area contributed by atoms with Crippen LogP contribution in [0.4, 0.5) is 18.9 Å². The highest BCUT2D eigenvalue weighted by atomic mass is 19.4. The summed E-state index contributed by atoms with van der Waals surface area (Å²) in [5.41, 5.74) is 3.20. The molecule has 2 amide bonds. The lowest BCUT2D eigenvalue weighted by atomic mass is 9.90. The molecule has 3 N–H and O–H groups in total. The highest BCUT2D eigenvalue weighted by molar-refractivity contribution is 5.99. The van der Waals surface area contributed by atoms with Gasteiger partial charge in [0.25, 0.3) is 5.91 Å². The normalized spacial score (nSPS) is 18.0. The number of hydrogen-bond donors (Lipinski definition) is 3. The van der Waals surface area contributed by atoms with Gasteiger partial charge in [0.2, 0.25) is 0 Å². The van der Waals surface area contributed by atoms with Gasteiger partial charge in [-0.05, 0) is 49.9 Å². The van der Waals surface area contributed by atoms with Crippen LogP contribution in [0, 0.1) is 11.3 Å². The van der Waals surface area contributed by atoms with Crippen molar-refractivity contribution in [1.82, 2.24) is 25.2 Å². The Balaban J connectivity index is 1.55. The molecule has 1 fully saturated rings. The van der Waals surface area contributed by atoms with Crippen molar-refractivity contribution in [2.75, 3.05) is 12.4 Å². The number of amides is 2. The molecule has 0 aromatic carbocycles. The van der Waals surface area contributed by atoms with Gasteiger partial charge in [-0.25, -0.2) is 4.52 Å². The van der Waals surface area contributed by atoms with Crippen molar-refractivity contribution in [2.24, 2.45) is 0 Å². The number of fused-ring (bicyclic) bond motifs is 1. The maximum absolute atomic E-state index is 12.5. The number of rotatable bonds is 5. The average Bonchev–Trinajstić information content (AvgIpc) is 3.27. The summed E-state index contributed by atoms with van der Waals surface area (Å²) in [4.78, 5) is 28.1. The van der Waals surface area contributed by atoms with E-state index in [1.807, 2.05) is 17.5 Å². The molecule has 0 unspecified atom stereocenters. The van der Waals surface area contributed by atoms with Crippen LogP contribution in [0.15, 0.2) is 36.7 Å². The first-order valence-corrected chi connectivity index (χ1v) is 10.9. The lowest BCUT2D eigenvalue weighted by Crippen LogP contribution is -2.45. The second kappa shape index (κ2) is 9.61. The Bertz CT molecular complexity index is 1300. The number of anilines is 1. The van der Waals surface area contributed by atoms with E-state index in [-0.39, 0.29) is 11.9 Å². The lowest BCUT2D eigenvalue weighted by Gasteiger charge is -2.31. The molecule has 0 aliphatic heterocycles. The fraction of sp³-hybridized carbons (Fsp3) is 0.348. The average molecular weight is 485 g/mol. The van der Waals surface area contributed by atoms with Crippen LogP contribution in [0.25, 0.3) is 16.9 Å². The third-order valence-electron chi connectivity index (χ3n) is 5.95. The van der Waals surface area contributed by atoms with Crippen LogP contribution < -0.4 is 16.0 Å². The smallest absolute Gasteiger partial charge is 0.382 e. The molecule has 9 nitrogen and oxygen atoms in total. The number of nitrogens with one attached hydrogen (secondary N) is 3. The summed E-state index contributed by atoms with van der Waals surface area (Å²) in [6.07, 6.45) is -0.221. The summed E-state index contributed by atoms with van der Waals surface area (Å²) in [7, 11) is 1.51. The zero-order valence-corrected chi connectivity index (χ0v) is 18.7. The first kappa shape index (κ1) is 24.0. The fourth-order valence-corrected chi connectivity index (χ4v) is 4.15.